The molecule has 3 aliphatic rings. The van der Waals surface area contributed by atoms with Gasteiger partial charge in [0.05, 0.1) is 18.6 Å². The molecular formula is C19H21N3O3S. The van der Waals surface area contributed by atoms with E-state index in [9.17, 15) is 5.11 Å². The van der Waals surface area contributed by atoms with Crippen LogP contribution in [-0.4, -0.2) is 47.3 Å². The van der Waals surface area contributed by atoms with Crippen molar-refractivity contribution < 1.29 is 14.6 Å². The number of rotatable bonds is 1. The van der Waals surface area contributed by atoms with Crippen molar-refractivity contribution in [3.63, 3.8) is 0 Å². The van der Waals surface area contributed by atoms with E-state index < -0.39 is 6.10 Å². The average Bonchev–Trinajstić information content (AvgIpc) is 2.88. The molecule has 0 saturated heterocycles. The minimum atomic E-state index is -0.490. The summed E-state index contributed by atoms with van der Waals surface area (Å²) in [5.74, 6) is 1.52. The van der Waals surface area contributed by atoms with Gasteiger partial charge in [0, 0.05) is 25.1 Å². The number of aliphatic hydroxyl groups excluding tert-OH is 1. The van der Waals surface area contributed by atoms with Crippen LogP contribution in [0.15, 0.2) is 29.3 Å². The summed E-state index contributed by atoms with van der Waals surface area (Å²) in [7, 11) is 1.65. The fraction of sp³-hybridized carbons (Fsp3) is 0.474. The lowest BCUT2D eigenvalue weighted by atomic mass is 9.69. The minimum Gasteiger partial charge on any atom is -0.493 e. The number of benzene rings is 1. The van der Waals surface area contributed by atoms with Crippen LogP contribution in [0.25, 0.3) is 0 Å². The van der Waals surface area contributed by atoms with Crippen LogP contribution in [0.5, 0.6) is 11.5 Å². The molecule has 0 amide bonds. The Morgan fingerprint density at radius 2 is 2.38 bits per heavy atom. The predicted molar refractivity (Wildman–Crippen MR) is 100 cm³/mol. The Hall–Kier alpha value is -2.17. The molecule has 1 spiro atoms. The highest BCUT2D eigenvalue weighted by molar-refractivity contribution is 8.13. The van der Waals surface area contributed by atoms with Crippen LogP contribution in [0.4, 0.5) is 0 Å². The molecule has 0 saturated carbocycles. The van der Waals surface area contributed by atoms with Crippen molar-refractivity contribution in [3.05, 3.63) is 35.4 Å². The fourth-order valence-corrected chi connectivity index (χ4v) is 4.93. The van der Waals surface area contributed by atoms with Gasteiger partial charge in [0.25, 0.3) is 0 Å². The van der Waals surface area contributed by atoms with Crippen LogP contribution in [0.2, 0.25) is 0 Å². The number of aliphatic hydroxyl groups is 1. The molecule has 1 aromatic rings. The van der Waals surface area contributed by atoms with Gasteiger partial charge in [-0.2, -0.15) is 5.26 Å². The highest BCUT2D eigenvalue weighted by atomic mass is 32.2. The molecule has 26 heavy (non-hydrogen) atoms. The number of hydrogen-bond donors (Lipinski definition) is 1. The second kappa shape index (κ2) is 6.53. The van der Waals surface area contributed by atoms with E-state index in [2.05, 4.69) is 22.0 Å². The maximum Gasteiger partial charge on any atom is 0.208 e. The summed E-state index contributed by atoms with van der Waals surface area (Å²) in [5.41, 5.74) is 2.04. The van der Waals surface area contributed by atoms with E-state index in [1.807, 2.05) is 24.6 Å². The van der Waals surface area contributed by atoms with E-state index in [1.165, 1.54) is 11.8 Å². The molecular weight excluding hydrogens is 350 g/mol. The topological polar surface area (TPSA) is 78.1 Å². The smallest absolute Gasteiger partial charge is 0.208 e. The summed E-state index contributed by atoms with van der Waals surface area (Å²) in [6.07, 6.45) is 8.64. The van der Waals surface area contributed by atoms with Gasteiger partial charge in [-0.1, -0.05) is 30.0 Å². The summed E-state index contributed by atoms with van der Waals surface area (Å²) in [4.78, 5) is 6.14. The van der Waals surface area contributed by atoms with Crippen molar-refractivity contribution in [2.75, 3.05) is 19.9 Å². The SMILES string of the molecule is COc1ccc2c3c1O[C@@H]1CC(O)C=CC31CCN(C(=NC#N)SC)C2. The largest absolute Gasteiger partial charge is 0.493 e. The maximum absolute atomic E-state index is 10.1. The van der Waals surface area contributed by atoms with E-state index in [-0.39, 0.29) is 11.5 Å². The molecule has 1 aromatic carbocycles. The first-order chi connectivity index (χ1) is 12.6. The number of nitriles is 1. The Morgan fingerprint density at radius 3 is 3.12 bits per heavy atom. The highest BCUT2D eigenvalue weighted by Crippen LogP contribution is 2.55. The molecule has 4 rings (SSSR count). The third-order valence-corrected chi connectivity index (χ3v) is 6.27. The molecule has 2 aliphatic heterocycles. The molecule has 3 atom stereocenters. The van der Waals surface area contributed by atoms with Crippen molar-refractivity contribution in [2.45, 2.75) is 37.0 Å². The highest BCUT2D eigenvalue weighted by Gasteiger charge is 2.53. The third-order valence-electron chi connectivity index (χ3n) is 5.55. The molecule has 1 N–H and O–H groups in total. The molecule has 0 aromatic heterocycles. The lowest BCUT2D eigenvalue weighted by Crippen LogP contribution is -2.43. The van der Waals surface area contributed by atoms with Gasteiger partial charge in [0.2, 0.25) is 6.19 Å². The Morgan fingerprint density at radius 1 is 1.54 bits per heavy atom. The third kappa shape index (κ3) is 2.48. The second-order valence-electron chi connectivity index (χ2n) is 6.81. The van der Waals surface area contributed by atoms with Gasteiger partial charge in [-0.25, -0.2) is 0 Å². The maximum atomic E-state index is 10.1. The summed E-state index contributed by atoms with van der Waals surface area (Å²) in [6.45, 7) is 1.43. The van der Waals surface area contributed by atoms with E-state index >= 15 is 0 Å². The van der Waals surface area contributed by atoms with Crippen LogP contribution >= 0.6 is 11.8 Å². The number of nitrogens with zero attached hydrogens (tertiary/aromatic N) is 3. The summed E-state index contributed by atoms with van der Waals surface area (Å²) in [6, 6.07) is 4.01. The first kappa shape index (κ1) is 17.3. The standard InChI is InChI=1S/C19H21N3O3S/c1-24-14-4-3-12-10-22(18(26-2)21-11-20)8-7-19-6-5-13(23)9-15(19)25-17(14)16(12)19/h3-6,13,15,23H,7-10H2,1-2H3/t13?,15-,19?/m1/s1. The molecule has 7 heteroatoms. The van der Waals surface area contributed by atoms with Gasteiger partial charge < -0.3 is 19.5 Å². The molecule has 1 aliphatic carbocycles. The Bertz CT molecular complexity index is 832. The summed E-state index contributed by atoms with van der Waals surface area (Å²) >= 11 is 1.48. The Kier molecular flexibility index (Phi) is 4.33. The first-order valence-electron chi connectivity index (χ1n) is 8.63. The Labute approximate surface area is 157 Å². The summed E-state index contributed by atoms with van der Waals surface area (Å²) in [5, 5.41) is 19.8. The van der Waals surface area contributed by atoms with Crippen molar-refractivity contribution >= 4 is 16.9 Å². The zero-order valence-electron chi connectivity index (χ0n) is 14.8. The molecule has 0 fully saturated rings. The molecule has 2 unspecified atom stereocenters. The molecule has 2 heterocycles. The quantitative estimate of drug-likeness (QED) is 0.354. The van der Waals surface area contributed by atoms with Crippen molar-refractivity contribution in [1.29, 1.82) is 5.26 Å². The van der Waals surface area contributed by atoms with Gasteiger partial charge >= 0.3 is 0 Å². The molecule has 0 radical (unpaired) electrons. The predicted octanol–water partition coefficient (Wildman–Crippen LogP) is 2.42. The number of methoxy groups -OCH3 is 1. The van der Waals surface area contributed by atoms with Crippen LogP contribution in [0.1, 0.15) is 24.0 Å². The zero-order valence-corrected chi connectivity index (χ0v) is 15.6. The fourth-order valence-electron chi connectivity index (χ4n) is 4.39. The van der Waals surface area contributed by atoms with Crippen LogP contribution < -0.4 is 9.47 Å². The number of ether oxygens (including phenoxy) is 2. The lowest BCUT2D eigenvalue weighted by Gasteiger charge is -2.36. The van der Waals surface area contributed by atoms with Crippen molar-refractivity contribution in [3.8, 4) is 17.7 Å². The van der Waals surface area contributed by atoms with Crippen molar-refractivity contribution in [2.24, 2.45) is 4.99 Å². The number of aliphatic imine (C=N–C) groups is 1. The molecule has 0 bridgehead atoms. The Balaban J connectivity index is 1.86. The van der Waals surface area contributed by atoms with E-state index in [0.717, 1.165) is 40.8 Å². The van der Waals surface area contributed by atoms with E-state index in [0.29, 0.717) is 13.0 Å². The van der Waals surface area contributed by atoms with E-state index in [4.69, 9.17) is 14.7 Å². The van der Waals surface area contributed by atoms with Crippen LogP contribution in [0.3, 0.4) is 0 Å². The normalized spacial score (nSPS) is 29.3. The monoisotopic (exact) mass is 371 g/mol. The van der Waals surface area contributed by atoms with Gasteiger partial charge in [-0.3, -0.25) is 0 Å². The first-order valence-corrected chi connectivity index (χ1v) is 9.85. The average molecular weight is 371 g/mol. The van der Waals surface area contributed by atoms with Gasteiger partial charge in [-0.05, 0) is 24.3 Å². The summed E-state index contributed by atoms with van der Waals surface area (Å²) < 4.78 is 11.8. The van der Waals surface area contributed by atoms with Gasteiger partial charge in [0.1, 0.15) is 6.10 Å². The number of thioether (sulfide) groups is 1. The number of amidine groups is 1. The zero-order chi connectivity index (χ0) is 18.3. The van der Waals surface area contributed by atoms with Gasteiger partial charge in [0.15, 0.2) is 16.7 Å². The number of hydrogen-bond acceptors (Lipinski definition) is 6. The van der Waals surface area contributed by atoms with E-state index in [1.54, 1.807) is 7.11 Å². The molecule has 6 nitrogen and oxygen atoms in total. The van der Waals surface area contributed by atoms with Crippen LogP contribution in [0, 0.1) is 11.5 Å². The second-order valence-corrected chi connectivity index (χ2v) is 7.58. The lowest BCUT2D eigenvalue weighted by molar-refractivity contribution is 0.0834. The van der Waals surface area contributed by atoms with Crippen LogP contribution in [-0.2, 0) is 12.0 Å². The van der Waals surface area contributed by atoms with Gasteiger partial charge in [-0.15, -0.1) is 4.99 Å². The van der Waals surface area contributed by atoms with Crippen molar-refractivity contribution in [1.82, 2.24) is 4.90 Å². The minimum absolute atomic E-state index is 0.113. The molecule has 136 valence electrons.